The van der Waals surface area contributed by atoms with Gasteiger partial charge in [0.05, 0.1) is 37.8 Å². The maximum atomic E-state index is 14.2. The van der Waals surface area contributed by atoms with Gasteiger partial charge in [-0.25, -0.2) is 4.79 Å². The maximum absolute atomic E-state index is 14.2. The number of ether oxygens (including phenoxy) is 4. The number of esters is 2. The first-order chi connectivity index (χ1) is 18.7. The van der Waals surface area contributed by atoms with E-state index in [0.29, 0.717) is 24.0 Å². The number of methoxy groups -OCH3 is 2. The van der Waals surface area contributed by atoms with Crippen LogP contribution in [0.1, 0.15) is 64.0 Å². The predicted octanol–water partition coefficient (Wildman–Crippen LogP) is 5.01. The number of aromatic nitrogens is 1. The van der Waals surface area contributed by atoms with Crippen LogP contribution in [0.15, 0.2) is 43.1 Å². The quantitative estimate of drug-likeness (QED) is 0.344. The van der Waals surface area contributed by atoms with Crippen LogP contribution in [-0.4, -0.2) is 66.4 Å². The molecule has 8 heteroatoms. The molecule has 4 aliphatic heterocycles. The molecule has 0 N–H and O–H groups in total. The number of carbonyl (C=O) groups excluding carboxylic acids is 2. The minimum absolute atomic E-state index is 0.0209. The number of benzene rings is 1. The molecule has 2 bridgehead atoms. The molecule has 4 fully saturated rings. The Balaban J connectivity index is 1.57. The van der Waals surface area contributed by atoms with Crippen LogP contribution in [0.3, 0.4) is 0 Å². The minimum Gasteiger partial charge on any atom is -0.497 e. The van der Waals surface area contributed by atoms with Gasteiger partial charge >= 0.3 is 11.9 Å². The number of rotatable bonds is 8. The fraction of sp³-hybridized carbons (Fsp3) is 0.581. The highest BCUT2D eigenvalue weighted by molar-refractivity contribution is 5.87. The molecule has 2 unspecified atom stereocenters. The third-order valence-electron chi connectivity index (χ3n) is 8.89. The van der Waals surface area contributed by atoms with Gasteiger partial charge in [0, 0.05) is 23.7 Å². The van der Waals surface area contributed by atoms with Crippen LogP contribution in [0, 0.1) is 11.8 Å². The number of pyridine rings is 1. The van der Waals surface area contributed by atoms with Gasteiger partial charge < -0.3 is 18.9 Å². The summed E-state index contributed by atoms with van der Waals surface area (Å²) >= 11 is 0. The molecule has 6 rings (SSSR count). The van der Waals surface area contributed by atoms with Crippen LogP contribution in [-0.2, 0) is 23.8 Å². The Morgan fingerprint density at radius 2 is 2.08 bits per heavy atom. The summed E-state index contributed by atoms with van der Waals surface area (Å²) in [5.74, 6) is 0.610. The number of carbonyl (C=O) groups is 2. The Bertz CT molecular complexity index is 1240. The molecule has 39 heavy (non-hydrogen) atoms. The van der Waals surface area contributed by atoms with Crippen molar-refractivity contribution in [3.05, 3.63) is 48.7 Å². The lowest BCUT2D eigenvalue weighted by atomic mass is 9.73. The van der Waals surface area contributed by atoms with Gasteiger partial charge in [-0.15, -0.1) is 6.58 Å². The highest BCUT2D eigenvalue weighted by atomic mass is 16.6. The standard InChI is InChI=1S/C31H40N2O6/c1-6-20-19-33-15-11-21(20)16-26(33)28(23-10-14-32-25-9-8-22(36-4)17-24(23)25)38-29(35)31(18-27(34)37-5)13-7-12-30(2,3)39-31/h6,8-10,14,17,20-21,26,28H,1,7,11-13,15-16,18-19H2,2-5H3/t20?,21-,26-,28+,31+/m0/s1. The third kappa shape index (κ3) is 5.41. The second-order valence-corrected chi connectivity index (χ2v) is 11.8. The van der Waals surface area contributed by atoms with Gasteiger partial charge in [-0.1, -0.05) is 6.08 Å². The molecule has 5 heterocycles. The van der Waals surface area contributed by atoms with Crippen LogP contribution in [0.2, 0.25) is 0 Å². The number of nitrogens with zero attached hydrogens (tertiary/aromatic N) is 2. The molecule has 0 aliphatic carbocycles. The Morgan fingerprint density at radius 3 is 2.74 bits per heavy atom. The fourth-order valence-corrected chi connectivity index (χ4v) is 6.86. The summed E-state index contributed by atoms with van der Waals surface area (Å²) in [4.78, 5) is 33.8. The van der Waals surface area contributed by atoms with E-state index >= 15 is 0 Å². The molecule has 4 saturated heterocycles. The molecule has 2 aromatic rings. The number of piperidine rings is 3. The second-order valence-electron chi connectivity index (χ2n) is 11.8. The van der Waals surface area contributed by atoms with Crippen molar-refractivity contribution in [2.75, 3.05) is 27.3 Å². The molecule has 4 aliphatic rings. The molecular weight excluding hydrogens is 496 g/mol. The highest BCUT2D eigenvalue weighted by Gasteiger charge is 2.52. The lowest BCUT2D eigenvalue weighted by molar-refractivity contribution is -0.219. The van der Waals surface area contributed by atoms with Crippen molar-refractivity contribution in [3.63, 3.8) is 0 Å². The van der Waals surface area contributed by atoms with E-state index in [2.05, 4.69) is 22.5 Å². The zero-order valence-electron chi connectivity index (χ0n) is 23.5. The summed E-state index contributed by atoms with van der Waals surface area (Å²) in [7, 11) is 2.96. The highest BCUT2D eigenvalue weighted by Crippen LogP contribution is 2.46. The van der Waals surface area contributed by atoms with Gasteiger partial charge in [0.15, 0.2) is 5.60 Å². The van der Waals surface area contributed by atoms with Crippen LogP contribution in [0.4, 0.5) is 0 Å². The summed E-state index contributed by atoms with van der Waals surface area (Å²) in [6, 6.07) is 7.67. The Kier molecular flexibility index (Phi) is 7.71. The average molecular weight is 537 g/mol. The van der Waals surface area contributed by atoms with Gasteiger partial charge in [0.2, 0.25) is 0 Å². The van der Waals surface area contributed by atoms with Crippen LogP contribution in [0.25, 0.3) is 10.9 Å². The van der Waals surface area contributed by atoms with Crippen LogP contribution in [0.5, 0.6) is 5.75 Å². The van der Waals surface area contributed by atoms with Crippen molar-refractivity contribution in [3.8, 4) is 5.75 Å². The SMILES string of the molecule is C=CC1CN2CC[C@H]1C[C@H]2[C@H](OC(=O)[C@]1(CC(=O)OC)CCCC(C)(C)O1)c1ccnc2ccc(OC)cc12. The van der Waals surface area contributed by atoms with E-state index in [9.17, 15) is 9.59 Å². The smallest absolute Gasteiger partial charge is 0.339 e. The summed E-state index contributed by atoms with van der Waals surface area (Å²) in [5, 5.41) is 0.879. The first kappa shape index (κ1) is 27.6. The van der Waals surface area contributed by atoms with Crippen molar-refractivity contribution in [1.82, 2.24) is 9.88 Å². The Hall–Kier alpha value is -2.97. The van der Waals surface area contributed by atoms with Crippen molar-refractivity contribution >= 4 is 22.8 Å². The van der Waals surface area contributed by atoms with E-state index in [1.807, 2.05) is 38.1 Å². The zero-order chi connectivity index (χ0) is 27.8. The molecule has 8 nitrogen and oxygen atoms in total. The molecule has 210 valence electrons. The lowest BCUT2D eigenvalue weighted by Crippen LogP contribution is -2.57. The first-order valence-electron chi connectivity index (χ1n) is 14.0. The zero-order valence-corrected chi connectivity index (χ0v) is 23.5. The Labute approximate surface area is 230 Å². The Morgan fingerprint density at radius 1 is 1.26 bits per heavy atom. The van der Waals surface area contributed by atoms with E-state index in [4.69, 9.17) is 18.9 Å². The monoisotopic (exact) mass is 536 g/mol. The topological polar surface area (TPSA) is 87.2 Å². The summed E-state index contributed by atoms with van der Waals surface area (Å²) in [6.07, 6.45) is 6.99. The number of fused-ring (bicyclic) bond motifs is 4. The molecule has 0 spiro atoms. The fourth-order valence-electron chi connectivity index (χ4n) is 6.86. The van der Waals surface area contributed by atoms with Crippen molar-refractivity contribution in [2.45, 2.75) is 75.7 Å². The molecule has 1 aromatic heterocycles. The molecular formula is C31H40N2O6. The lowest BCUT2D eigenvalue weighted by Gasteiger charge is -2.51. The van der Waals surface area contributed by atoms with Gasteiger partial charge in [0.25, 0.3) is 0 Å². The van der Waals surface area contributed by atoms with Crippen LogP contribution >= 0.6 is 0 Å². The van der Waals surface area contributed by atoms with Gasteiger partial charge in [-0.05, 0) is 88.6 Å². The summed E-state index contributed by atoms with van der Waals surface area (Å²) < 4.78 is 23.5. The number of hydrogen-bond acceptors (Lipinski definition) is 8. The predicted molar refractivity (Wildman–Crippen MR) is 147 cm³/mol. The van der Waals surface area contributed by atoms with Crippen LogP contribution < -0.4 is 4.74 Å². The summed E-state index contributed by atoms with van der Waals surface area (Å²) in [5.41, 5.74) is -0.292. The van der Waals surface area contributed by atoms with E-state index < -0.39 is 29.2 Å². The molecule has 6 atom stereocenters. The second kappa shape index (κ2) is 10.9. The van der Waals surface area contributed by atoms with Crippen molar-refractivity contribution < 1.29 is 28.5 Å². The minimum atomic E-state index is -1.40. The summed E-state index contributed by atoms with van der Waals surface area (Å²) in [6.45, 7) is 9.79. The third-order valence-corrected chi connectivity index (χ3v) is 8.89. The normalized spacial score (nSPS) is 30.4. The van der Waals surface area contributed by atoms with E-state index in [-0.39, 0.29) is 12.5 Å². The van der Waals surface area contributed by atoms with Crippen molar-refractivity contribution in [2.24, 2.45) is 11.8 Å². The van der Waals surface area contributed by atoms with Gasteiger partial charge in [-0.3, -0.25) is 14.7 Å². The maximum Gasteiger partial charge on any atom is 0.339 e. The van der Waals surface area contributed by atoms with Crippen molar-refractivity contribution in [1.29, 1.82) is 0 Å². The molecule has 0 saturated carbocycles. The largest absolute Gasteiger partial charge is 0.497 e. The van der Waals surface area contributed by atoms with Gasteiger partial charge in [-0.2, -0.15) is 0 Å². The van der Waals surface area contributed by atoms with Gasteiger partial charge in [0.1, 0.15) is 11.9 Å². The number of hydrogen-bond donors (Lipinski definition) is 0. The average Bonchev–Trinajstić information content (AvgIpc) is 2.94. The first-order valence-corrected chi connectivity index (χ1v) is 14.0. The van der Waals surface area contributed by atoms with E-state index in [0.717, 1.165) is 55.2 Å². The molecule has 1 aromatic carbocycles. The van der Waals surface area contributed by atoms with E-state index in [1.54, 1.807) is 13.3 Å². The molecule has 0 radical (unpaired) electrons. The molecule has 0 amide bonds. The van der Waals surface area contributed by atoms with E-state index in [1.165, 1.54) is 7.11 Å².